The standard InChI is InChI=1S/C19H28O3/c1-3-5-8-19(21)9-7-14-15-11-16(20)13(6-4-2)10-17(15)22-18(14)12-19/h10-11,14,18,20-21H,3-9,12H2,1-2H3/t14?,18?,19-/m1/s1. The third kappa shape index (κ3) is 2.83. The molecule has 1 fully saturated rings. The van der Waals surface area contributed by atoms with Crippen LogP contribution in [0, 0.1) is 0 Å². The van der Waals surface area contributed by atoms with Crippen LogP contribution in [0.5, 0.6) is 11.5 Å². The first kappa shape index (κ1) is 15.7. The number of rotatable bonds is 5. The monoisotopic (exact) mass is 304 g/mol. The number of benzene rings is 1. The van der Waals surface area contributed by atoms with Crippen LogP contribution in [0.25, 0.3) is 0 Å². The van der Waals surface area contributed by atoms with Gasteiger partial charge in [-0.15, -0.1) is 0 Å². The molecule has 1 saturated carbocycles. The van der Waals surface area contributed by atoms with E-state index in [9.17, 15) is 10.2 Å². The molecular formula is C19H28O3. The maximum absolute atomic E-state index is 10.8. The Morgan fingerprint density at radius 2 is 2.09 bits per heavy atom. The highest BCUT2D eigenvalue weighted by Crippen LogP contribution is 2.50. The van der Waals surface area contributed by atoms with Gasteiger partial charge in [0.15, 0.2) is 0 Å². The Morgan fingerprint density at radius 3 is 2.82 bits per heavy atom. The van der Waals surface area contributed by atoms with E-state index in [0.29, 0.717) is 11.7 Å². The maximum atomic E-state index is 10.8. The fraction of sp³-hybridized carbons (Fsp3) is 0.684. The molecule has 2 unspecified atom stereocenters. The van der Waals surface area contributed by atoms with Crippen LogP contribution in [0.4, 0.5) is 0 Å². The molecule has 0 bridgehead atoms. The second-order valence-electron chi connectivity index (χ2n) is 7.10. The molecule has 0 spiro atoms. The molecule has 3 nitrogen and oxygen atoms in total. The Balaban J connectivity index is 1.78. The summed E-state index contributed by atoms with van der Waals surface area (Å²) in [6.45, 7) is 4.27. The number of aromatic hydroxyl groups is 1. The SMILES string of the molecule is CCCC[C@@]1(O)CCC2c3cc(O)c(CCC)cc3OC2C1. The van der Waals surface area contributed by atoms with Gasteiger partial charge >= 0.3 is 0 Å². The zero-order chi connectivity index (χ0) is 15.7. The van der Waals surface area contributed by atoms with Crippen molar-refractivity contribution in [2.24, 2.45) is 0 Å². The zero-order valence-corrected chi connectivity index (χ0v) is 13.8. The number of aliphatic hydroxyl groups is 1. The van der Waals surface area contributed by atoms with Gasteiger partial charge in [-0.1, -0.05) is 33.1 Å². The summed E-state index contributed by atoms with van der Waals surface area (Å²) in [6.07, 6.45) is 7.53. The van der Waals surface area contributed by atoms with Gasteiger partial charge in [0.25, 0.3) is 0 Å². The fourth-order valence-corrected chi connectivity index (χ4v) is 4.09. The molecule has 3 heteroatoms. The number of unbranched alkanes of at least 4 members (excludes halogenated alkanes) is 1. The van der Waals surface area contributed by atoms with E-state index in [2.05, 4.69) is 13.8 Å². The lowest BCUT2D eigenvalue weighted by Crippen LogP contribution is -2.41. The number of hydrogen-bond acceptors (Lipinski definition) is 3. The van der Waals surface area contributed by atoms with Gasteiger partial charge in [-0.2, -0.15) is 0 Å². The summed E-state index contributed by atoms with van der Waals surface area (Å²) in [5.41, 5.74) is 1.55. The zero-order valence-electron chi connectivity index (χ0n) is 13.8. The van der Waals surface area contributed by atoms with Crippen LogP contribution >= 0.6 is 0 Å². The summed E-state index contributed by atoms with van der Waals surface area (Å²) < 4.78 is 6.16. The first-order valence-corrected chi connectivity index (χ1v) is 8.81. The van der Waals surface area contributed by atoms with E-state index in [1.54, 1.807) is 0 Å². The highest BCUT2D eigenvalue weighted by atomic mass is 16.5. The van der Waals surface area contributed by atoms with E-state index in [1.165, 1.54) is 0 Å². The van der Waals surface area contributed by atoms with Gasteiger partial charge in [0.1, 0.15) is 17.6 Å². The number of hydrogen-bond donors (Lipinski definition) is 2. The van der Waals surface area contributed by atoms with Gasteiger partial charge in [-0.25, -0.2) is 0 Å². The fourth-order valence-electron chi connectivity index (χ4n) is 4.09. The molecule has 0 radical (unpaired) electrons. The minimum Gasteiger partial charge on any atom is -0.508 e. The summed E-state index contributed by atoms with van der Waals surface area (Å²) in [7, 11) is 0. The molecule has 3 atom stereocenters. The third-order valence-corrected chi connectivity index (χ3v) is 5.35. The molecule has 122 valence electrons. The molecular weight excluding hydrogens is 276 g/mol. The smallest absolute Gasteiger partial charge is 0.123 e. The normalized spacial score (nSPS) is 29.8. The molecule has 2 N–H and O–H groups in total. The van der Waals surface area contributed by atoms with Gasteiger partial charge in [-0.3, -0.25) is 0 Å². The molecule has 3 rings (SSSR count). The van der Waals surface area contributed by atoms with Crippen molar-refractivity contribution in [3.63, 3.8) is 0 Å². The molecule has 1 aromatic rings. The molecule has 1 aromatic carbocycles. The molecule has 0 amide bonds. The predicted octanol–water partition coefficient (Wildman–Crippen LogP) is 4.29. The third-order valence-electron chi connectivity index (χ3n) is 5.35. The number of aryl methyl sites for hydroxylation is 1. The van der Waals surface area contributed by atoms with Gasteiger partial charge in [0.05, 0.1) is 5.60 Å². The van der Waals surface area contributed by atoms with E-state index in [-0.39, 0.29) is 6.10 Å². The highest BCUT2D eigenvalue weighted by Gasteiger charge is 2.45. The van der Waals surface area contributed by atoms with E-state index in [0.717, 1.165) is 68.2 Å². The number of ether oxygens (including phenoxy) is 1. The Morgan fingerprint density at radius 1 is 1.27 bits per heavy atom. The van der Waals surface area contributed by atoms with E-state index >= 15 is 0 Å². The van der Waals surface area contributed by atoms with Crippen LogP contribution in [-0.2, 0) is 6.42 Å². The second kappa shape index (κ2) is 6.11. The highest BCUT2D eigenvalue weighted by molar-refractivity contribution is 5.50. The van der Waals surface area contributed by atoms with Crippen molar-refractivity contribution in [1.29, 1.82) is 0 Å². The largest absolute Gasteiger partial charge is 0.508 e. The molecule has 1 heterocycles. The topological polar surface area (TPSA) is 49.7 Å². The minimum absolute atomic E-state index is 0.0712. The Labute approximate surface area is 133 Å². The van der Waals surface area contributed by atoms with E-state index < -0.39 is 5.60 Å². The second-order valence-corrected chi connectivity index (χ2v) is 7.10. The van der Waals surface area contributed by atoms with Crippen molar-refractivity contribution < 1.29 is 14.9 Å². The van der Waals surface area contributed by atoms with Crippen molar-refractivity contribution >= 4 is 0 Å². The lowest BCUT2D eigenvalue weighted by molar-refractivity contribution is -0.0451. The summed E-state index contributed by atoms with van der Waals surface area (Å²) in [5.74, 6) is 1.66. The van der Waals surface area contributed by atoms with Crippen molar-refractivity contribution in [2.45, 2.75) is 82.8 Å². The Hall–Kier alpha value is -1.22. The van der Waals surface area contributed by atoms with Crippen molar-refractivity contribution in [3.8, 4) is 11.5 Å². The number of phenols is 1. The van der Waals surface area contributed by atoms with E-state index in [1.807, 2.05) is 12.1 Å². The van der Waals surface area contributed by atoms with Gasteiger partial charge in [0.2, 0.25) is 0 Å². The molecule has 0 aromatic heterocycles. The summed E-state index contributed by atoms with van der Waals surface area (Å²) in [5, 5.41) is 21.0. The van der Waals surface area contributed by atoms with E-state index in [4.69, 9.17) is 4.74 Å². The van der Waals surface area contributed by atoms with Gasteiger partial charge in [0, 0.05) is 17.9 Å². The van der Waals surface area contributed by atoms with Gasteiger partial charge < -0.3 is 14.9 Å². The first-order valence-electron chi connectivity index (χ1n) is 8.81. The van der Waals surface area contributed by atoms with Gasteiger partial charge in [-0.05, 0) is 43.4 Å². The van der Waals surface area contributed by atoms with Crippen molar-refractivity contribution in [3.05, 3.63) is 23.3 Å². The van der Waals surface area contributed by atoms with Crippen molar-refractivity contribution in [2.75, 3.05) is 0 Å². The quantitative estimate of drug-likeness (QED) is 0.853. The average Bonchev–Trinajstić information content (AvgIpc) is 2.82. The molecule has 1 aliphatic carbocycles. The summed E-state index contributed by atoms with van der Waals surface area (Å²) in [4.78, 5) is 0. The molecule has 1 aliphatic heterocycles. The van der Waals surface area contributed by atoms with Crippen LogP contribution < -0.4 is 4.74 Å². The van der Waals surface area contributed by atoms with Crippen LogP contribution in [0.2, 0.25) is 0 Å². The Kier molecular flexibility index (Phi) is 4.35. The summed E-state index contributed by atoms with van der Waals surface area (Å²) in [6, 6.07) is 3.92. The number of fused-ring (bicyclic) bond motifs is 3. The Bertz CT molecular complexity index is 540. The average molecular weight is 304 g/mol. The first-order chi connectivity index (χ1) is 10.6. The molecule has 0 saturated heterocycles. The van der Waals surface area contributed by atoms with Crippen LogP contribution in [0.1, 0.15) is 75.8 Å². The maximum Gasteiger partial charge on any atom is 0.123 e. The minimum atomic E-state index is -0.562. The lowest BCUT2D eigenvalue weighted by Gasteiger charge is -2.38. The van der Waals surface area contributed by atoms with Crippen LogP contribution in [0.3, 0.4) is 0 Å². The van der Waals surface area contributed by atoms with Crippen LogP contribution in [0.15, 0.2) is 12.1 Å². The lowest BCUT2D eigenvalue weighted by atomic mass is 9.73. The molecule has 2 aliphatic rings. The molecule has 22 heavy (non-hydrogen) atoms. The van der Waals surface area contributed by atoms with Crippen LogP contribution in [-0.4, -0.2) is 21.9 Å². The van der Waals surface area contributed by atoms with Crippen molar-refractivity contribution in [1.82, 2.24) is 0 Å². The summed E-state index contributed by atoms with van der Waals surface area (Å²) >= 11 is 0. The number of phenolic OH excluding ortho intramolecular Hbond substituents is 1. The predicted molar refractivity (Wildman–Crippen MR) is 87.6 cm³/mol.